The summed E-state index contributed by atoms with van der Waals surface area (Å²) in [5.74, 6) is -2.64. The van der Waals surface area contributed by atoms with E-state index < -0.39 is 33.6 Å². The maximum Gasteiger partial charge on any atom is 0.335 e. The van der Waals surface area contributed by atoms with E-state index in [1.165, 1.54) is 42.5 Å². The highest BCUT2D eigenvalue weighted by molar-refractivity contribution is 7.89. The van der Waals surface area contributed by atoms with Crippen molar-refractivity contribution in [3.8, 4) is 0 Å². The maximum atomic E-state index is 12.8. The van der Waals surface area contributed by atoms with Crippen molar-refractivity contribution >= 4 is 27.6 Å². The molecule has 0 bridgehead atoms. The Balaban J connectivity index is 2.12. The summed E-state index contributed by atoms with van der Waals surface area (Å²) in [5, 5.41) is 9.03. The number of sulfonamides is 1. The Labute approximate surface area is 143 Å². The van der Waals surface area contributed by atoms with Crippen LogP contribution in [-0.4, -0.2) is 48.5 Å². The number of carbonyl (C=O) groups is 3. The van der Waals surface area contributed by atoms with Crippen LogP contribution in [-0.2, 0) is 10.0 Å². The van der Waals surface area contributed by atoms with Gasteiger partial charge in [-0.15, -0.1) is 0 Å². The fourth-order valence-corrected chi connectivity index (χ4v) is 4.23. The molecule has 2 aromatic carbocycles. The molecule has 7 nitrogen and oxygen atoms in total. The number of aromatic carboxylic acids is 1. The number of benzene rings is 2. The van der Waals surface area contributed by atoms with Gasteiger partial charge in [0.25, 0.3) is 0 Å². The van der Waals surface area contributed by atoms with E-state index in [9.17, 15) is 22.8 Å². The zero-order chi connectivity index (χ0) is 18.4. The molecule has 1 aliphatic rings. The monoisotopic (exact) mass is 359 g/mol. The van der Waals surface area contributed by atoms with Gasteiger partial charge in [0.2, 0.25) is 10.0 Å². The zero-order valence-electron chi connectivity index (χ0n) is 13.0. The number of rotatable bonds is 3. The minimum absolute atomic E-state index is 0.0420. The van der Waals surface area contributed by atoms with E-state index in [1.54, 1.807) is 0 Å². The average Bonchev–Trinajstić information content (AvgIpc) is 2.60. The number of fused-ring (bicyclic) bond motifs is 1. The number of Topliss-reactive ketones (excluding diaryl/α,β-unsaturated/α-hetero) is 2. The summed E-state index contributed by atoms with van der Waals surface area (Å²) in [5.41, 5.74) is -0.215. The summed E-state index contributed by atoms with van der Waals surface area (Å²) < 4.78 is 25.9. The van der Waals surface area contributed by atoms with E-state index in [4.69, 9.17) is 5.11 Å². The van der Waals surface area contributed by atoms with Gasteiger partial charge in [0, 0.05) is 18.2 Å². The highest BCUT2D eigenvalue weighted by atomic mass is 32.2. The van der Waals surface area contributed by atoms with Gasteiger partial charge in [-0.1, -0.05) is 24.3 Å². The summed E-state index contributed by atoms with van der Waals surface area (Å²) >= 11 is 0. The summed E-state index contributed by atoms with van der Waals surface area (Å²) in [6.45, 7) is 0. The van der Waals surface area contributed by atoms with Gasteiger partial charge in [0.05, 0.1) is 10.5 Å². The second-order valence-corrected chi connectivity index (χ2v) is 7.50. The molecule has 0 radical (unpaired) electrons. The molecule has 1 N–H and O–H groups in total. The molecule has 128 valence electrons. The molecular formula is C17H13NO6S. The molecule has 3 rings (SSSR count). The highest BCUT2D eigenvalue weighted by Gasteiger charge is 2.45. The lowest BCUT2D eigenvalue weighted by atomic mass is 9.95. The van der Waals surface area contributed by atoms with Crippen LogP contribution in [0.2, 0.25) is 0 Å². The SMILES string of the molecule is CN1C(C(=O)c2cccc(C(=O)O)c2)C(=O)c2ccccc2S1(=O)=O. The van der Waals surface area contributed by atoms with Crippen molar-refractivity contribution < 1.29 is 27.9 Å². The maximum absolute atomic E-state index is 12.8. The second kappa shape index (κ2) is 5.91. The number of ketones is 2. The summed E-state index contributed by atoms with van der Waals surface area (Å²) in [4.78, 5) is 36.4. The molecule has 0 aliphatic carbocycles. The van der Waals surface area contributed by atoms with E-state index in [0.717, 1.165) is 17.4 Å². The van der Waals surface area contributed by atoms with Crippen LogP contribution in [0, 0.1) is 0 Å². The first-order valence-corrected chi connectivity index (χ1v) is 8.68. The van der Waals surface area contributed by atoms with Crippen molar-refractivity contribution in [2.24, 2.45) is 0 Å². The third-order valence-electron chi connectivity index (χ3n) is 4.06. The van der Waals surface area contributed by atoms with Crippen molar-refractivity contribution in [3.63, 3.8) is 0 Å². The predicted molar refractivity (Wildman–Crippen MR) is 87.2 cm³/mol. The fraction of sp³-hybridized carbons (Fsp3) is 0.118. The second-order valence-electron chi connectivity index (χ2n) is 5.53. The number of nitrogens with zero attached hydrogens (tertiary/aromatic N) is 1. The van der Waals surface area contributed by atoms with Gasteiger partial charge in [0.15, 0.2) is 17.6 Å². The molecular weight excluding hydrogens is 346 g/mol. The van der Waals surface area contributed by atoms with Gasteiger partial charge in [0.1, 0.15) is 0 Å². The lowest BCUT2D eigenvalue weighted by molar-refractivity contribution is 0.0696. The quantitative estimate of drug-likeness (QED) is 0.656. The Morgan fingerprint density at radius 3 is 2.36 bits per heavy atom. The van der Waals surface area contributed by atoms with Gasteiger partial charge in [-0.25, -0.2) is 13.2 Å². The molecule has 0 saturated heterocycles. The van der Waals surface area contributed by atoms with Crippen LogP contribution in [0.5, 0.6) is 0 Å². The Morgan fingerprint density at radius 2 is 1.68 bits per heavy atom. The summed E-state index contributed by atoms with van der Waals surface area (Å²) in [6.07, 6.45) is 0. The standard InChI is InChI=1S/C17H13NO6S/c1-18-14(15(19)10-5-4-6-11(9-10)17(21)22)16(20)12-7-2-3-8-13(12)25(18,23)24/h2-9,14H,1H3,(H,21,22). The van der Waals surface area contributed by atoms with Gasteiger partial charge in [-0.3, -0.25) is 9.59 Å². The first kappa shape index (κ1) is 17.0. The molecule has 8 heteroatoms. The van der Waals surface area contributed by atoms with E-state index in [2.05, 4.69) is 0 Å². The number of hydrogen-bond donors (Lipinski definition) is 1. The Kier molecular flexibility index (Phi) is 4.02. The zero-order valence-corrected chi connectivity index (χ0v) is 13.9. The molecule has 25 heavy (non-hydrogen) atoms. The van der Waals surface area contributed by atoms with E-state index in [-0.39, 0.29) is 21.6 Å². The first-order valence-electron chi connectivity index (χ1n) is 7.24. The third kappa shape index (κ3) is 2.65. The van der Waals surface area contributed by atoms with Crippen LogP contribution in [0.1, 0.15) is 31.1 Å². The number of carboxylic acids is 1. The number of carboxylic acid groups (broad SMARTS) is 1. The van der Waals surface area contributed by atoms with Crippen LogP contribution >= 0.6 is 0 Å². The lowest BCUT2D eigenvalue weighted by Gasteiger charge is -2.31. The molecule has 0 aromatic heterocycles. The van der Waals surface area contributed by atoms with Crippen LogP contribution in [0.15, 0.2) is 53.4 Å². The molecule has 1 atom stereocenters. The predicted octanol–water partition coefficient (Wildman–Crippen LogP) is 1.45. The molecule has 0 spiro atoms. The molecule has 1 unspecified atom stereocenters. The van der Waals surface area contributed by atoms with E-state index >= 15 is 0 Å². The minimum atomic E-state index is -4.01. The van der Waals surface area contributed by atoms with Crippen LogP contribution < -0.4 is 0 Å². The molecule has 2 aromatic rings. The fourth-order valence-electron chi connectivity index (χ4n) is 2.75. The van der Waals surface area contributed by atoms with Crippen molar-refractivity contribution in [2.45, 2.75) is 10.9 Å². The Hall–Kier alpha value is -2.84. The van der Waals surface area contributed by atoms with Crippen molar-refractivity contribution in [3.05, 3.63) is 65.2 Å². The lowest BCUT2D eigenvalue weighted by Crippen LogP contribution is -2.51. The average molecular weight is 359 g/mol. The smallest absolute Gasteiger partial charge is 0.335 e. The third-order valence-corrected chi connectivity index (χ3v) is 5.94. The van der Waals surface area contributed by atoms with Crippen LogP contribution in [0.4, 0.5) is 0 Å². The van der Waals surface area contributed by atoms with E-state index in [0.29, 0.717) is 0 Å². The Morgan fingerprint density at radius 1 is 1.04 bits per heavy atom. The van der Waals surface area contributed by atoms with Crippen LogP contribution in [0.25, 0.3) is 0 Å². The summed E-state index contributed by atoms with van der Waals surface area (Å²) in [7, 11) is -2.85. The topological polar surface area (TPSA) is 109 Å². The molecule has 1 aliphatic heterocycles. The molecule has 0 amide bonds. The number of hydrogen-bond acceptors (Lipinski definition) is 5. The van der Waals surface area contributed by atoms with Gasteiger partial charge >= 0.3 is 5.97 Å². The number of likely N-dealkylation sites (N-methyl/N-ethyl adjacent to an activating group) is 1. The first-order chi connectivity index (χ1) is 11.7. The minimum Gasteiger partial charge on any atom is -0.478 e. The van der Waals surface area contributed by atoms with Crippen molar-refractivity contribution in [2.75, 3.05) is 7.05 Å². The van der Waals surface area contributed by atoms with Crippen molar-refractivity contribution in [1.82, 2.24) is 4.31 Å². The van der Waals surface area contributed by atoms with E-state index in [1.807, 2.05) is 0 Å². The van der Waals surface area contributed by atoms with Gasteiger partial charge in [-0.05, 0) is 24.3 Å². The molecule has 1 heterocycles. The molecule has 0 saturated carbocycles. The molecule has 0 fully saturated rings. The number of carbonyl (C=O) groups excluding carboxylic acids is 2. The van der Waals surface area contributed by atoms with Gasteiger partial charge < -0.3 is 5.11 Å². The summed E-state index contributed by atoms with van der Waals surface area (Å²) in [6, 6.07) is 9.26. The normalized spacial score (nSPS) is 19.2. The van der Waals surface area contributed by atoms with Gasteiger partial charge in [-0.2, -0.15) is 4.31 Å². The largest absolute Gasteiger partial charge is 0.478 e. The van der Waals surface area contributed by atoms with Crippen molar-refractivity contribution in [1.29, 1.82) is 0 Å². The Bertz CT molecular complexity index is 1010. The highest BCUT2D eigenvalue weighted by Crippen LogP contribution is 2.30. The van der Waals surface area contributed by atoms with Crippen LogP contribution in [0.3, 0.4) is 0 Å².